The summed E-state index contributed by atoms with van der Waals surface area (Å²) in [5, 5.41) is 7.67. The van der Waals surface area contributed by atoms with Gasteiger partial charge in [0, 0.05) is 10.8 Å². The Morgan fingerprint density at radius 3 is 1.30 bits per heavy atom. The molecule has 0 unspecified atom stereocenters. The fourth-order valence-electron chi connectivity index (χ4n) is 7.04. The van der Waals surface area contributed by atoms with E-state index in [1.165, 1.54) is 76.9 Å². The molecule has 0 aliphatic rings. The van der Waals surface area contributed by atoms with Gasteiger partial charge in [-0.3, -0.25) is 0 Å². The van der Waals surface area contributed by atoms with Crippen LogP contribution in [-0.2, 0) is 5.41 Å². The molecule has 1 aromatic heterocycles. The van der Waals surface area contributed by atoms with E-state index in [-0.39, 0.29) is 5.41 Å². The summed E-state index contributed by atoms with van der Waals surface area (Å²) in [4.78, 5) is 0. The van der Waals surface area contributed by atoms with Gasteiger partial charge in [-0.2, -0.15) is 0 Å². The Hall–Kier alpha value is -5.14. The lowest BCUT2D eigenvalue weighted by Gasteiger charge is -2.26. The average molecular weight is 552 g/mol. The van der Waals surface area contributed by atoms with Crippen molar-refractivity contribution in [1.82, 2.24) is 4.57 Å². The van der Waals surface area contributed by atoms with Crippen molar-refractivity contribution in [2.24, 2.45) is 0 Å². The van der Waals surface area contributed by atoms with Gasteiger partial charge in [0.05, 0.1) is 16.7 Å². The van der Waals surface area contributed by atoms with E-state index in [2.05, 4.69) is 171 Å². The van der Waals surface area contributed by atoms with Crippen molar-refractivity contribution in [2.45, 2.75) is 26.2 Å². The third kappa shape index (κ3) is 4.00. The minimum absolute atomic E-state index is 0.0400. The molecule has 0 atom stereocenters. The van der Waals surface area contributed by atoms with Gasteiger partial charge in [0.2, 0.25) is 0 Å². The number of hydrogen-bond acceptors (Lipinski definition) is 0. The van der Waals surface area contributed by atoms with Gasteiger partial charge in [0.1, 0.15) is 0 Å². The normalized spacial score (nSPS) is 12.1. The number of fused-ring (bicyclic) bond motifs is 5. The highest BCUT2D eigenvalue weighted by Crippen LogP contribution is 2.45. The lowest BCUT2D eigenvalue weighted by molar-refractivity contribution is 0.587. The Morgan fingerprint density at radius 2 is 0.814 bits per heavy atom. The van der Waals surface area contributed by atoms with Crippen LogP contribution >= 0.6 is 0 Å². The number of benzene rings is 7. The minimum Gasteiger partial charge on any atom is -0.309 e. The Kier molecular flexibility index (Phi) is 5.77. The molecule has 0 N–H and O–H groups in total. The molecule has 0 saturated carbocycles. The van der Waals surface area contributed by atoms with Gasteiger partial charge in [-0.25, -0.2) is 0 Å². The monoisotopic (exact) mass is 551 g/mol. The average Bonchev–Trinajstić information content (AvgIpc) is 3.37. The number of aromatic nitrogens is 1. The quantitative estimate of drug-likeness (QED) is 0.192. The maximum Gasteiger partial charge on any atom is 0.0541 e. The molecule has 1 heteroatoms. The highest BCUT2D eigenvalue weighted by atomic mass is 15.0. The molecule has 0 fully saturated rings. The van der Waals surface area contributed by atoms with Gasteiger partial charge in [-0.05, 0) is 73.0 Å². The molecule has 8 rings (SSSR count). The van der Waals surface area contributed by atoms with Crippen LogP contribution in [-0.4, -0.2) is 4.57 Å². The van der Waals surface area contributed by atoms with E-state index >= 15 is 0 Å². The zero-order valence-electron chi connectivity index (χ0n) is 24.8. The fraction of sp³-hybridized carbons (Fsp3) is 0.0952. The Bertz CT molecular complexity index is 2200. The first-order valence-corrected chi connectivity index (χ1v) is 15.1. The molecule has 0 bridgehead atoms. The van der Waals surface area contributed by atoms with Crippen LogP contribution in [0.3, 0.4) is 0 Å². The highest BCUT2D eigenvalue weighted by molar-refractivity contribution is 6.21. The molecule has 8 aromatic rings. The first-order valence-electron chi connectivity index (χ1n) is 15.1. The van der Waals surface area contributed by atoms with E-state index in [0.717, 1.165) is 0 Å². The highest BCUT2D eigenvalue weighted by Gasteiger charge is 2.24. The summed E-state index contributed by atoms with van der Waals surface area (Å²) in [5.74, 6) is 0. The van der Waals surface area contributed by atoms with Crippen molar-refractivity contribution in [3.05, 3.63) is 151 Å². The van der Waals surface area contributed by atoms with Crippen LogP contribution in [0.25, 0.3) is 71.3 Å². The van der Waals surface area contributed by atoms with E-state index in [4.69, 9.17) is 0 Å². The Balaban J connectivity index is 1.51. The van der Waals surface area contributed by atoms with Gasteiger partial charge in [0.15, 0.2) is 0 Å². The van der Waals surface area contributed by atoms with Gasteiger partial charge in [0.25, 0.3) is 0 Å². The second-order valence-electron chi connectivity index (χ2n) is 12.6. The molecule has 0 saturated heterocycles. The Labute approximate surface area is 252 Å². The van der Waals surface area contributed by atoms with Crippen LogP contribution in [0.2, 0.25) is 0 Å². The topological polar surface area (TPSA) is 4.93 Å². The van der Waals surface area contributed by atoms with Crippen molar-refractivity contribution in [1.29, 1.82) is 0 Å². The molecule has 0 amide bonds. The summed E-state index contributed by atoms with van der Waals surface area (Å²) in [5.41, 5.74) is 10.1. The molecule has 1 heterocycles. The Morgan fingerprint density at radius 1 is 0.395 bits per heavy atom. The predicted octanol–water partition coefficient (Wildman–Crippen LogP) is 11.7. The molecule has 0 radical (unpaired) electrons. The van der Waals surface area contributed by atoms with Crippen LogP contribution in [0.1, 0.15) is 26.3 Å². The van der Waals surface area contributed by atoms with E-state index in [9.17, 15) is 0 Å². The van der Waals surface area contributed by atoms with Crippen molar-refractivity contribution in [2.75, 3.05) is 0 Å². The maximum absolute atomic E-state index is 2.48. The number of nitrogens with zero attached hydrogens (tertiary/aromatic N) is 1. The predicted molar refractivity (Wildman–Crippen MR) is 185 cm³/mol. The summed E-state index contributed by atoms with van der Waals surface area (Å²) in [6.07, 6.45) is 0. The summed E-state index contributed by atoms with van der Waals surface area (Å²) in [6, 6.07) is 53.4. The van der Waals surface area contributed by atoms with Crippen LogP contribution in [0.15, 0.2) is 146 Å². The lowest BCUT2D eigenvalue weighted by atomic mass is 9.82. The SMILES string of the molecule is CC(C)(C)c1ccc(-c2c3ccccc3c(-c3ccccc3)c3ccccc23)cc1-n1c2ccccc2c2ccccc21. The fourth-order valence-corrected chi connectivity index (χ4v) is 7.04. The standard InChI is InChI=1S/C42H33N/c1-42(2,3)36-26-25-29(27-39(36)43-37-23-13-11-17-30(37)31-18-12-14-24-38(31)43)41-34-21-9-7-19-32(34)40(28-15-5-4-6-16-28)33-20-8-10-22-35(33)41/h4-27H,1-3H3. The first-order chi connectivity index (χ1) is 21.0. The molecule has 7 aromatic carbocycles. The molecule has 206 valence electrons. The summed E-state index contributed by atoms with van der Waals surface area (Å²) in [6.45, 7) is 6.95. The molecule has 0 spiro atoms. The number of para-hydroxylation sites is 2. The lowest BCUT2D eigenvalue weighted by Crippen LogP contribution is -2.15. The van der Waals surface area contributed by atoms with E-state index in [1.54, 1.807) is 0 Å². The molecular formula is C42H33N. The van der Waals surface area contributed by atoms with Gasteiger partial charge < -0.3 is 4.57 Å². The molecular weight excluding hydrogens is 518 g/mol. The van der Waals surface area contributed by atoms with E-state index < -0.39 is 0 Å². The first kappa shape index (κ1) is 25.6. The molecule has 43 heavy (non-hydrogen) atoms. The van der Waals surface area contributed by atoms with Crippen molar-refractivity contribution < 1.29 is 0 Å². The van der Waals surface area contributed by atoms with Crippen molar-refractivity contribution >= 4 is 43.4 Å². The summed E-state index contributed by atoms with van der Waals surface area (Å²) >= 11 is 0. The molecule has 0 aliphatic carbocycles. The zero-order chi connectivity index (χ0) is 29.1. The summed E-state index contributed by atoms with van der Waals surface area (Å²) < 4.78 is 2.48. The van der Waals surface area contributed by atoms with Gasteiger partial charge in [-0.1, -0.05) is 148 Å². The van der Waals surface area contributed by atoms with E-state index in [0.29, 0.717) is 0 Å². The van der Waals surface area contributed by atoms with Crippen LogP contribution < -0.4 is 0 Å². The molecule has 1 nitrogen and oxygen atoms in total. The van der Waals surface area contributed by atoms with E-state index in [1.807, 2.05) is 0 Å². The maximum atomic E-state index is 2.48. The minimum atomic E-state index is -0.0400. The van der Waals surface area contributed by atoms with Crippen LogP contribution in [0.5, 0.6) is 0 Å². The zero-order valence-corrected chi connectivity index (χ0v) is 24.8. The second kappa shape index (κ2) is 9.71. The van der Waals surface area contributed by atoms with Crippen LogP contribution in [0.4, 0.5) is 0 Å². The number of rotatable bonds is 3. The van der Waals surface area contributed by atoms with Crippen molar-refractivity contribution in [3.63, 3.8) is 0 Å². The van der Waals surface area contributed by atoms with Crippen molar-refractivity contribution in [3.8, 4) is 27.9 Å². The summed E-state index contributed by atoms with van der Waals surface area (Å²) in [7, 11) is 0. The van der Waals surface area contributed by atoms with Gasteiger partial charge in [-0.15, -0.1) is 0 Å². The largest absolute Gasteiger partial charge is 0.309 e. The third-order valence-corrected chi connectivity index (χ3v) is 8.91. The third-order valence-electron chi connectivity index (χ3n) is 8.91. The smallest absolute Gasteiger partial charge is 0.0541 e. The second-order valence-corrected chi connectivity index (χ2v) is 12.6. The van der Waals surface area contributed by atoms with Crippen LogP contribution in [0, 0.1) is 0 Å². The number of hydrogen-bond donors (Lipinski definition) is 0. The molecule has 0 aliphatic heterocycles. The van der Waals surface area contributed by atoms with Gasteiger partial charge >= 0.3 is 0 Å².